The fraction of sp³-hybridized carbons (Fsp3) is 1.00. The van der Waals surface area contributed by atoms with Crippen molar-refractivity contribution >= 4 is 20.6 Å². The molecular formula is C9H26N3Sn-. The molecule has 0 aliphatic heterocycles. The molecule has 0 bridgehead atoms. The number of hydrogen-bond donors (Lipinski definition) is 0. The monoisotopic (exact) mass is 296 g/mol. The molecule has 4 heteroatoms. The van der Waals surface area contributed by atoms with Crippen molar-refractivity contribution in [1.29, 1.82) is 0 Å². The van der Waals surface area contributed by atoms with Gasteiger partial charge in [0.05, 0.1) is 0 Å². The van der Waals surface area contributed by atoms with E-state index in [2.05, 4.69) is 51.3 Å². The minimum atomic E-state index is -1.76. The maximum atomic E-state index is 2.56. The minimum Gasteiger partial charge on any atom is -1.00 e. The molecule has 82 valence electrons. The van der Waals surface area contributed by atoms with Crippen molar-refractivity contribution in [1.82, 2.24) is 9.36 Å². The zero-order chi connectivity index (χ0) is 10.4. The van der Waals surface area contributed by atoms with E-state index in [9.17, 15) is 0 Å². The molecule has 0 aromatic heterocycles. The zero-order valence-corrected chi connectivity index (χ0v) is 13.3. The van der Waals surface area contributed by atoms with Crippen LogP contribution in [0.4, 0.5) is 0 Å². The second-order valence-electron chi connectivity index (χ2n) is 3.57. The van der Waals surface area contributed by atoms with E-state index in [1.807, 2.05) is 0 Å². The van der Waals surface area contributed by atoms with Gasteiger partial charge in [0, 0.05) is 0 Å². The van der Waals surface area contributed by atoms with E-state index in [1.165, 1.54) is 19.6 Å². The smallest absolute Gasteiger partial charge is 1.00 e. The van der Waals surface area contributed by atoms with Gasteiger partial charge in [-0.15, -0.1) is 0 Å². The Hall–Kier alpha value is 0.679. The third kappa shape index (κ3) is 4.14. The summed E-state index contributed by atoms with van der Waals surface area (Å²) in [4.78, 5) is 0. The molecule has 0 spiro atoms. The molecule has 0 aromatic carbocycles. The Morgan fingerprint density at radius 1 is 0.769 bits per heavy atom. The molecule has 0 radical (unpaired) electrons. The Bertz CT molecular complexity index is 113. The Labute approximate surface area is 93.0 Å². The van der Waals surface area contributed by atoms with Gasteiger partial charge < -0.3 is 1.43 Å². The number of rotatable bonds is 6. The van der Waals surface area contributed by atoms with E-state index in [1.54, 1.807) is 0 Å². The van der Waals surface area contributed by atoms with Crippen LogP contribution in [0.3, 0.4) is 0 Å². The third-order valence-electron chi connectivity index (χ3n) is 2.68. The Balaban J connectivity index is 0. The van der Waals surface area contributed by atoms with Gasteiger partial charge in [0.2, 0.25) is 0 Å². The van der Waals surface area contributed by atoms with Gasteiger partial charge in [0.15, 0.2) is 0 Å². The van der Waals surface area contributed by atoms with E-state index in [0.717, 1.165) is 0 Å². The zero-order valence-electron chi connectivity index (χ0n) is 11.0. The fourth-order valence-electron chi connectivity index (χ4n) is 1.50. The first-order chi connectivity index (χ1) is 6.08. The van der Waals surface area contributed by atoms with Gasteiger partial charge in [-0.25, -0.2) is 0 Å². The van der Waals surface area contributed by atoms with Gasteiger partial charge in [-0.05, 0) is 0 Å². The Morgan fingerprint density at radius 3 is 1.15 bits per heavy atom. The van der Waals surface area contributed by atoms with Crippen molar-refractivity contribution in [3.8, 4) is 0 Å². The predicted molar refractivity (Wildman–Crippen MR) is 63.2 cm³/mol. The largest absolute Gasteiger partial charge is 1.00 e. The molecule has 0 unspecified atom stereocenters. The Kier molecular flexibility index (Phi) is 7.40. The summed E-state index contributed by atoms with van der Waals surface area (Å²) in [6.07, 6.45) is 0. The standard InChI is InChI=1S/3C3H8N.Sn.2H/c3*1-3-4-2;;;/h3*3H2,1-2H3;;;/q3*-1;+3;;-1. The van der Waals surface area contributed by atoms with E-state index in [0.29, 0.717) is 0 Å². The molecule has 0 atom stereocenters. The third-order valence-corrected chi connectivity index (χ3v) is 12.6. The normalized spacial score (nSPS) is 12.5. The number of nitrogens with zero attached hydrogens (tertiary/aromatic N) is 3. The molecule has 0 saturated heterocycles. The second-order valence-corrected chi connectivity index (χ2v) is 13.1. The van der Waals surface area contributed by atoms with Gasteiger partial charge in [-0.3, -0.25) is 0 Å². The summed E-state index contributed by atoms with van der Waals surface area (Å²) >= 11 is -1.76. The van der Waals surface area contributed by atoms with Crippen LogP contribution in [0.5, 0.6) is 0 Å². The van der Waals surface area contributed by atoms with Crippen molar-refractivity contribution in [2.75, 3.05) is 40.8 Å². The second kappa shape index (κ2) is 7.03. The van der Waals surface area contributed by atoms with Gasteiger partial charge in [0.1, 0.15) is 0 Å². The summed E-state index contributed by atoms with van der Waals surface area (Å²) in [5.41, 5.74) is 0. The molecule has 0 fully saturated rings. The van der Waals surface area contributed by atoms with Crippen LogP contribution in [0.1, 0.15) is 22.2 Å². The van der Waals surface area contributed by atoms with Gasteiger partial charge in [-0.2, -0.15) is 0 Å². The summed E-state index contributed by atoms with van der Waals surface area (Å²) in [5.74, 6) is 0. The molecule has 13 heavy (non-hydrogen) atoms. The van der Waals surface area contributed by atoms with E-state index in [4.69, 9.17) is 0 Å². The molecule has 0 rings (SSSR count). The maximum absolute atomic E-state index is 2.56. The van der Waals surface area contributed by atoms with E-state index >= 15 is 0 Å². The molecule has 0 heterocycles. The summed E-state index contributed by atoms with van der Waals surface area (Å²) in [5, 5.41) is 0. The summed E-state index contributed by atoms with van der Waals surface area (Å²) < 4.78 is 7.69. The van der Waals surface area contributed by atoms with Crippen LogP contribution in [-0.4, -0.2) is 70.7 Å². The van der Waals surface area contributed by atoms with Crippen LogP contribution in [0.25, 0.3) is 0 Å². The average Bonchev–Trinajstić information content (AvgIpc) is 2.16. The van der Waals surface area contributed by atoms with Crippen LogP contribution in [0, 0.1) is 0 Å². The van der Waals surface area contributed by atoms with Crippen LogP contribution in [-0.2, 0) is 0 Å². The molecule has 0 aliphatic carbocycles. The predicted octanol–water partition coefficient (Wildman–Crippen LogP) is 0.671. The van der Waals surface area contributed by atoms with Crippen molar-refractivity contribution < 1.29 is 1.43 Å². The van der Waals surface area contributed by atoms with Crippen molar-refractivity contribution in [3.05, 3.63) is 0 Å². The van der Waals surface area contributed by atoms with Crippen LogP contribution in [0.2, 0.25) is 0 Å². The van der Waals surface area contributed by atoms with Crippen molar-refractivity contribution in [3.63, 3.8) is 0 Å². The van der Waals surface area contributed by atoms with Crippen LogP contribution in [0.15, 0.2) is 0 Å². The first-order valence-electron chi connectivity index (χ1n) is 5.19. The molecule has 0 N–H and O–H groups in total. The molecule has 0 saturated carbocycles. The van der Waals surface area contributed by atoms with Gasteiger partial charge in [0.25, 0.3) is 0 Å². The SMILES string of the molecule is CC[N](C)[SnH]([N](C)CC)[N](C)CC.[H-]. The van der Waals surface area contributed by atoms with Gasteiger partial charge in [-0.1, -0.05) is 0 Å². The topological polar surface area (TPSA) is 9.72 Å². The molecule has 0 amide bonds. The minimum absolute atomic E-state index is 0. The van der Waals surface area contributed by atoms with Crippen LogP contribution >= 0.6 is 0 Å². The molecular weight excluding hydrogens is 269 g/mol. The maximum Gasteiger partial charge on any atom is -1.00 e. The molecule has 0 aliphatic rings. The summed E-state index contributed by atoms with van der Waals surface area (Å²) in [6.45, 7) is 10.3. The average molecular weight is 295 g/mol. The van der Waals surface area contributed by atoms with Crippen LogP contribution < -0.4 is 0 Å². The summed E-state index contributed by atoms with van der Waals surface area (Å²) in [7, 11) is 6.79. The summed E-state index contributed by atoms with van der Waals surface area (Å²) in [6, 6.07) is 0. The first kappa shape index (κ1) is 13.7. The molecule has 3 nitrogen and oxygen atoms in total. The number of hydrogen-bond acceptors (Lipinski definition) is 3. The van der Waals surface area contributed by atoms with E-state index < -0.39 is 20.6 Å². The van der Waals surface area contributed by atoms with E-state index in [-0.39, 0.29) is 1.43 Å². The van der Waals surface area contributed by atoms with Crippen molar-refractivity contribution in [2.24, 2.45) is 0 Å². The van der Waals surface area contributed by atoms with Gasteiger partial charge >= 0.3 is 91.5 Å². The Morgan fingerprint density at radius 2 is 1.00 bits per heavy atom. The molecule has 0 aromatic rings. The van der Waals surface area contributed by atoms with Crippen molar-refractivity contribution in [2.45, 2.75) is 20.8 Å². The first-order valence-corrected chi connectivity index (χ1v) is 9.61. The fourth-order valence-corrected chi connectivity index (χ4v) is 10.1. The quantitative estimate of drug-likeness (QED) is 0.667.